The first-order chi connectivity index (χ1) is 6.97. The number of hydrogen-bond donors (Lipinski definition) is 1. The number of hydrogen-bond acceptors (Lipinski definition) is 2. The van der Waals surface area contributed by atoms with E-state index in [9.17, 15) is 5.11 Å². The number of aliphatic hydroxyl groups is 1. The smallest absolute Gasteiger partial charge is 0.0626 e. The Kier molecular flexibility index (Phi) is 4.81. The highest BCUT2D eigenvalue weighted by Gasteiger charge is 2.12. The predicted octanol–water partition coefficient (Wildman–Crippen LogP) is 2.58. The summed E-state index contributed by atoms with van der Waals surface area (Å²) in [5.41, 5.74) is 0.822. The molecular formula is C13H25NO. The van der Waals surface area contributed by atoms with Crippen molar-refractivity contribution in [3.05, 3.63) is 11.6 Å². The molecule has 1 heterocycles. The SMILES string of the molecule is CC(=CCC(C)(C)O)CN1CCCCC1. The number of likely N-dealkylation sites (tertiary alicyclic amines) is 1. The number of nitrogens with zero attached hydrogens (tertiary/aromatic N) is 1. The minimum Gasteiger partial charge on any atom is -0.390 e. The van der Waals surface area contributed by atoms with Gasteiger partial charge in [-0.2, -0.15) is 0 Å². The summed E-state index contributed by atoms with van der Waals surface area (Å²) in [7, 11) is 0. The predicted molar refractivity (Wildman–Crippen MR) is 65.0 cm³/mol. The summed E-state index contributed by atoms with van der Waals surface area (Å²) in [6.07, 6.45) is 7.02. The highest BCUT2D eigenvalue weighted by atomic mass is 16.3. The van der Waals surface area contributed by atoms with E-state index in [1.807, 2.05) is 13.8 Å². The Hall–Kier alpha value is -0.340. The Balaban J connectivity index is 2.30. The summed E-state index contributed by atoms with van der Waals surface area (Å²) < 4.78 is 0. The molecule has 1 fully saturated rings. The van der Waals surface area contributed by atoms with Gasteiger partial charge < -0.3 is 5.11 Å². The van der Waals surface area contributed by atoms with Crippen LogP contribution in [0.2, 0.25) is 0 Å². The van der Waals surface area contributed by atoms with Gasteiger partial charge in [-0.25, -0.2) is 0 Å². The van der Waals surface area contributed by atoms with E-state index >= 15 is 0 Å². The van der Waals surface area contributed by atoms with Crippen LogP contribution < -0.4 is 0 Å². The maximum absolute atomic E-state index is 9.61. The van der Waals surface area contributed by atoms with Crippen LogP contribution in [-0.4, -0.2) is 35.2 Å². The maximum atomic E-state index is 9.61. The van der Waals surface area contributed by atoms with Gasteiger partial charge in [0.2, 0.25) is 0 Å². The lowest BCUT2D eigenvalue weighted by Gasteiger charge is -2.27. The largest absolute Gasteiger partial charge is 0.390 e. The molecule has 0 aliphatic carbocycles. The third-order valence-electron chi connectivity index (χ3n) is 2.87. The molecule has 0 saturated carbocycles. The summed E-state index contributed by atoms with van der Waals surface area (Å²) in [6.45, 7) is 9.45. The molecule has 2 heteroatoms. The Morgan fingerprint density at radius 1 is 1.27 bits per heavy atom. The quantitative estimate of drug-likeness (QED) is 0.722. The van der Waals surface area contributed by atoms with Crippen molar-refractivity contribution in [2.75, 3.05) is 19.6 Å². The lowest BCUT2D eigenvalue weighted by atomic mass is 10.0. The summed E-state index contributed by atoms with van der Waals surface area (Å²) >= 11 is 0. The molecule has 0 spiro atoms. The molecule has 2 nitrogen and oxygen atoms in total. The van der Waals surface area contributed by atoms with E-state index in [1.54, 1.807) is 0 Å². The molecule has 0 radical (unpaired) electrons. The standard InChI is InChI=1S/C13H25NO/c1-12(7-8-13(2,3)15)11-14-9-5-4-6-10-14/h7,15H,4-6,8-11H2,1-3H3. The summed E-state index contributed by atoms with van der Waals surface area (Å²) in [5.74, 6) is 0. The molecule has 1 rings (SSSR count). The van der Waals surface area contributed by atoms with Gasteiger partial charge in [0.1, 0.15) is 0 Å². The minimum absolute atomic E-state index is 0.566. The second kappa shape index (κ2) is 5.66. The average Bonchev–Trinajstić information content (AvgIpc) is 2.15. The van der Waals surface area contributed by atoms with Crippen LogP contribution in [0, 0.1) is 0 Å². The molecule has 1 aliphatic rings. The van der Waals surface area contributed by atoms with Crippen molar-refractivity contribution >= 4 is 0 Å². The van der Waals surface area contributed by atoms with Gasteiger partial charge >= 0.3 is 0 Å². The van der Waals surface area contributed by atoms with E-state index in [1.165, 1.54) is 37.9 Å². The topological polar surface area (TPSA) is 23.5 Å². The second-order valence-corrected chi connectivity index (χ2v) is 5.40. The van der Waals surface area contributed by atoms with Gasteiger partial charge in [0.05, 0.1) is 5.60 Å². The van der Waals surface area contributed by atoms with Crippen molar-refractivity contribution in [2.45, 2.75) is 52.1 Å². The zero-order chi connectivity index (χ0) is 11.3. The van der Waals surface area contributed by atoms with Crippen LogP contribution in [0.25, 0.3) is 0 Å². The summed E-state index contributed by atoms with van der Waals surface area (Å²) in [6, 6.07) is 0. The number of piperidine rings is 1. The van der Waals surface area contributed by atoms with Crippen LogP contribution in [0.5, 0.6) is 0 Å². The second-order valence-electron chi connectivity index (χ2n) is 5.40. The molecule has 0 unspecified atom stereocenters. The van der Waals surface area contributed by atoms with Crippen molar-refractivity contribution in [3.8, 4) is 0 Å². The Bertz CT molecular complexity index is 209. The zero-order valence-electron chi connectivity index (χ0n) is 10.4. The molecule has 0 bridgehead atoms. The van der Waals surface area contributed by atoms with E-state index in [-0.39, 0.29) is 0 Å². The van der Waals surface area contributed by atoms with E-state index in [0.29, 0.717) is 0 Å². The Morgan fingerprint density at radius 3 is 2.40 bits per heavy atom. The van der Waals surface area contributed by atoms with Crippen LogP contribution in [0.15, 0.2) is 11.6 Å². The summed E-state index contributed by atoms with van der Waals surface area (Å²) in [5, 5.41) is 9.61. The van der Waals surface area contributed by atoms with Gasteiger partial charge in [-0.1, -0.05) is 18.1 Å². The lowest BCUT2D eigenvalue weighted by molar-refractivity contribution is 0.0835. The van der Waals surface area contributed by atoms with Crippen molar-refractivity contribution in [1.82, 2.24) is 4.90 Å². The minimum atomic E-state index is -0.566. The molecule has 1 saturated heterocycles. The average molecular weight is 211 g/mol. The van der Waals surface area contributed by atoms with E-state index in [2.05, 4.69) is 17.9 Å². The van der Waals surface area contributed by atoms with E-state index in [4.69, 9.17) is 0 Å². The van der Waals surface area contributed by atoms with Crippen LogP contribution in [0.4, 0.5) is 0 Å². The van der Waals surface area contributed by atoms with Crippen LogP contribution in [0.3, 0.4) is 0 Å². The monoisotopic (exact) mass is 211 g/mol. The van der Waals surface area contributed by atoms with Gasteiger partial charge in [0.15, 0.2) is 0 Å². The van der Waals surface area contributed by atoms with Gasteiger partial charge in [-0.3, -0.25) is 4.90 Å². The van der Waals surface area contributed by atoms with Gasteiger partial charge in [0.25, 0.3) is 0 Å². The highest BCUT2D eigenvalue weighted by molar-refractivity contribution is 5.02. The molecule has 0 aromatic rings. The fraction of sp³-hybridized carbons (Fsp3) is 0.846. The molecule has 15 heavy (non-hydrogen) atoms. The van der Waals surface area contributed by atoms with E-state index in [0.717, 1.165) is 13.0 Å². The van der Waals surface area contributed by atoms with Gasteiger partial charge in [-0.15, -0.1) is 0 Å². The van der Waals surface area contributed by atoms with Gasteiger partial charge in [0, 0.05) is 6.54 Å². The van der Waals surface area contributed by atoms with Crippen molar-refractivity contribution in [3.63, 3.8) is 0 Å². The Morgan fingerprint density at radius 2 is 1.87 bits per heavy atom. The zero-order valence-corrected chi connectivity index (χ0v) is 10.4. The third kappa shape index (κ3) is 5.95. The highest BCUT2D eigenvalue weighted by Crippen LogP contribution is 2.13. The van der Waals surface area contributed by atoms with Crippen molar-refractivity contribution < 1.29 is 5.11 Å². The normalized spacial score (nSPS) is 20.7. The summed E-state index contributed by atoms with van der Waals surface area (Å²) in [4.78, 5) is 2.51. The first-order valence-corrected chi connectivity index (χ1v) is 6.08. The first-order valence-electron chi connectivity index (χ1n) is 6.08. The van der Waals surface area contributed by atoms with Crippen LogP contribution in [-0.2, 0) is 0 Å². The molecule has 88 valence electrons. The molecule has 1 aliphatic heterocycles. The fourth-order valence-electron chi connectivity index (χ4n) is 1.96. The molecule has 0 amide bonds. The lowest BCUT2D eigenvalue weighted by Crippen LogP contribution is -2.31. The first kappa shape index (κ1) is 12.7. The van der Waals surface area contributed by atoms with Crippen molar-refractivity contribution in [1.29, 1.82) is 0 Å². The molecule has 0 atom stereocenters. The maximum Gasteiger partial charge on any atom is 0.0626 e. The van der Waals surface area contributed by atoms with Crippen molar-refractivity contribution in [2.24, 2.45) is 0 Å². The molecular weight excluding hydrogens is 186 g/mol. The number of rotatable bonds is 4. The Labute approximate surface area is 94.0 Å². The molecule has 1 N–H and O–H groups in total. The fourth-order valence-corrected chi connectivity index (χ4v) is 1.96. The third-order valence-corrected chi connectivity index (χ3v) is 2.87. The van der Waals surface area contributed by atoms with E-state index < -0.39 is 5.60 Å². The molecule has 0 aromatic heterocycles. The molecule has 0 aromatic carbocycles. The van der Waals surface area contributed by atoms with Gasteiger partial charge in [-0.05, 0) is 53.1 Å². The van der Waals surface area contributed by atoms with Crippen LogP contribution in [0.1, 0.15) is 46.5 Å². The van der Waals surface area contributed by atoms with Crippen LogP contribution >= 0.6 is 0 Å².